The lowest BCUT2D eigenvalue weighted by atomic mass is 9.96. The summed E-state index contributed by atoms with van der Waals surface area (Å²) in [4.78, 5) is 32.2. The molecule has 2 aromatic rings. The second-order valence-corrected chi connectivity index (χ2v) is 12.9. The average Bonchev–Trinajstić information content (AvgIpc) is 3.38. The highest BCUT2D eigenvalue weighted by molar-refractivity contribution is 7.89. The number of amides is 3. The molecule has 3 amide bonds. The van der Waals surface area contributed by atoms with Crippen molar-refractivity contribution in [2.24, 2.45) is 13.0 Å². The minimum absolute atomic E-state index is 0.0301. The van der Waals surface area contributed by atoms with Gasteiger partial charge in [-0.2, -0.15) is 4.31 Å². The Kier molecular flexibility index (Phi) is 9.37. The summed E-state index contributed by atoms with van der Waals surface area (Å²) in [6, 6.07) is 4.14. The number of nitrogens with zero attached hydrogens (tertiary/aromatic N) is 4. The van der Waals surface area contributed by atoms with Gasteiger partial charge in [0.05, 0.1) is 36.8 Å². The van der Waals surface area contributed by atoms with E-state index in [0.717, 1.165) is 32.1 Å². The van der Waals surface area contributed by atoms with Gasteiger partial charge < -0.3 is 29.9 Å². The number of para-hydroxylation sites is 1. The minimum Gasteiger partial charge on any atom is -0.486 e. The number of imidazole rings is 1. The molecule has 3 atom stereocenters. The first-order valence-corrected chi connectivity index (χ1v) is 15.2. The van der Waals surface area contributed by atoms with Crippen LogP contribution in [0.25, 0.3) is 0 Å². The highest BCUT2D eigenvalue weighted by atomic mass is 32.2. The predicted octanol–water partition coefficient (Wildman–Crippen LogP) is 2.42. The van der Waals surface area contributed by atoms with E-state index < -0.39 is 28.2 Å². The topological polar surface area (TPSA) is 146 Å². The van der Waals surface area contributed by atoms with Gasteiger partial charge in [-0.15, -0.1) is 0 Å². The van der Waals surface area contributed by atoms with Crippen LogP contribution in [0.15, 0.2) is 35.7 Å². The van der Waals surface area contributed by atoms with E-state index >= 15 is 0 Å². The van der Waals surface area contributed by atoms with Gasteiger partial charge in [0, 0.05) is 38.8 Å². The predicted molar refractivity (Wildman–Crippen MR) is 150 cm³/mol. The molecule has 1 aliphatic heterocycles. The lowest BCUT2D eigenvalue weighted by Crippen LogP contribution is -2.50. The quantitative estimate of drug-likeness (QED) is 0.437. The van der Waals surface area contributed by atoms with Crippen LogP contribution in [0.1, 0.15) is 56.3 Å². The summed E-state index contributed by atoms with van der Waals surface area (Å²) in [5.41, 5.74) is 0.535. The summed E-state index contributed by atoms with van der Waals surface area (Å²) in [5, 5.41) is 15.7. The molecule has 1 saturated carbocycles. The van der Waals surface area contributed by atoms with Crippen molar-refractivity contribution in [1.82, 2.24) is 24.1 Å². The van der Waals surface area contributed by atoms with E-state index in [4.69, 9.17) is 4.74 Å². The number of aromatic nitrogens is 2. The van der Waals surface area contributed by atoms with E-state index in [0.29, 0.717) is 5.69 Å². The van der Waals surface area contributed by atoms with Crippen molar-refractivity contribution in [3.05, 3.63) is 36.3 Å². The number of urea groups is 1. The van der Waals surface area contributed by atoms with Crippen LogP contribution in [0.3, 0.4) is 0 Å². The van der Waals surface area contributed by atoms with Crippen LogP contribution in [0.5, 0.6) is 5.75 Å². The molecule has 1 aromatic heterocycles. The van der Waals surface area contributed by atoms with Crippen LogP contribution in [-0.4, -0.2) is 89.2 Å². The number of aliphatic hydroxyl groups is 1. The maximum absolute atomic E-state index is 13.7. The van der Waals surface area contributed by atoms with Crippen molar-refractivity contribution in [1.29, 1.82) is 0 Å². The Morgan fingerprint density at radius 1 is 1.27 bits per heavy atom. The molecule has 0 saturated heterocycles. The molecule has 1 aliphatic carbocycles. The number of hydrogen-bond acceptors (Lipinski definition) is 7. The van der Waals surface area contributed by atoms with Crippen LogP contribution in [0, 0.1) is 5.92 Å². The van der Waals surface area contributed by atoms with E-state index in [9.17, 15) is 23.1 Å². The van der Waals surface area contributed by atoms with Gasteiger partial charge in [0.2, 0.25) is 0 Å². The van der Waals surface area contributed by atoms with E-state index in [1.54, 1.807) is 41.6 Å². The first-order valence-electron chi connectivity index (χ1n) is 13.7. The number of sulfonamides is 1. The van der Waals surface area contributed by atoms with Crippen molar-refractivity contribution in [2.45, 2.75) is 69.2 Å². The number of likely N-dealkylation sites (N-methyl/N-ethyl adjacent to an activating group) is 1. The van der Waals surface area contributed by atoms with Crippen LogP contribution in [-0.2, 0) is 17.1 Å². The lowest BCUT2D eigenvalue weighted by molar-refractivity contribution is 0.0389. The van der Waals surface area contributed by atoms with Gasteiger partial charge >= 0.3 is 6.03 Å². The first kappa shape index (κ1) is 29.8. The number of anilines is 1. The number of rotatable bonds is 8. The molecule has 0 spiro atoms. The fraction of sp³-hybridized carbons (Fsp3) is 0.593. The molecule has 12 nitrogen and oxygen atoms in total. The summed E-state index contributed by atoms with van der Waals surface area (Å²) in [5.74, 6) is -0.495. The fourth-order valence-corrected chi connectivity index (χ4v) is 6.33. The van der Waals surface area contributed by atoms with Crippen molar-refractivity contribution < 1.29 is 27.9 Å². The second kappa shape index (κ2) is 12.6. The number of ether oxygens (including phenoxy) is 1. The zero-order chi connectivity index (χ0) is 29.0. The van der Waals surface area contributed by atoms with E-state index in [1.807, 2.05) is 6.92 Å². The molecular weight excluding hydrogens is 536 g/mol. The van der Waals surface area contributed by atoms with Crippen LogP contribution in [0.2, 0.25) is 0 Å². The molecule has 1 fully saturated rings. The molecule has 0 unspecified atom stereocenters. The molecule has 4 rings (SSSR count). The van der Waals surface area contributed by atoms with Crippen molar-refractivity contribution in [2.75, 3.05) is 32.1 Å². The lowest BCUT2D eigenvalue weighted by Gasteiger charge is -2.38. The van der Waals surface area contributed by atoms with Crippen molar-refractivity contribution in [3.63, 3.8) is 0 Å². The SMILES string of the molecule is C[C@@H]1CN([C@@H](C)CO)C(=O)c2cccc(NC(=O)NC3CCCCC3)c2O[C@H]1CN(C)S(=O)(=O)c1cn(C)cn1. The number of aryl methyl sites for hydroxylation is 1. The standard InChI is InChI=1S/C27H40N6O6S/c1-18-13-33(19(2)16-34)26(35)21-11-8-12-22(30-27(36)29-20-9-6-5-7-10-20)25(21)39-23(18)14-32(4)40(37,38)24-15-31(3)17-28-24/h8,11-12,15,17-20,23,34H,5-7,9-10,13-14,16H2,1-4H3,(H2,29,30,36)/t18-,19+,23+/m1/s1. The Morgan fingerprint density at radius 3 is 2.65 bits per heavy atom. The van der Waals surface area contributed by atoms with E-state index in [-0.39, 0.29) is 53.9 Å². The summed E-state index contributed by atoms with van der Waals surface area (Å²) in [6.45, 7) is 3.58. The number of carbonyl (C=O) groups is 2. The van der Waals surface area contributed by atoms with Crippen LogP contribution < -0.4 is 15.4 Å². The zero-order valence-corrected chi connectivity index (χ0v) is 24.4. The van der Waals surface area contributed by atoms with Gasteiger partial charge in [0.1, 0.15) is 6.10 Å². The Morgan fingerprint density at radius 2 is 2.00 bits per heavy atom. The first-order chi connectivity index (χ1) is 19.0. The summed E-state index contributed by atoms with van der Waals surface area (Å²) in [7, 11) is -0.760. The molecule has 0 bridgehead atoms. The van der Waals surface area contributed by atoms with Gasteiger partial charge in [-0.3, -0.25) is 4.79 Å². The molecule has 2 aliphatic rings. The summed E-state index contributed by atoms with van der Waals surface area (Å²) in [6.07, 6.45) is 7.29. The van der Waals surface area contributed by atoms with Gasteiger partial charge in [0.15, 0.2) is 10.8 Å². The Hall–Kier alpha value is -3.16. The average molecular weight is 577 g/mol. The molecule has 40 heavy (non-hydrogen) atoms. The third kappa shape index (κ3) is 6.58. The van der Waals surface area contributed by atoms with Crippen molar-refractivity contribution >= 4 is 27.6 Å². The monoisotopic (exact) mass is 576 g/mol. The number of hydrogen-bond donors (Lipinski definition) is 3. The molecule has 2 heterocycles. The Labute approximate surface area is 235 Å². The molecule has 3 N–H and O–H groups in total. The van der Waals surface area contributed by atoms with E-state index in [1.165, 1.54) is 23.9 Å². The third-order valence-electron chi connectivity index (χ3n) is 7.67. The second-order valence-electron chi connectivity index (χ2n) is 10.9. The molecule has 13 heteroatoms. The maximum atomic E-state index is 13.7. The summed E-state index contributed by atoms with van der Waals surface area (Å²) < 4.78 is 35.6. The minimum atomic E-state index is -3.91. The number of benzene rings is 1. The highest BCUT2D eigenvalue weighted by Gasteiger charge is 2.36. The van der Waals surface area contributed by atoms with Gasteiger partial charge in [0.25, 0.3) is 15.9 Å². The van der Waals surface area contributed by atoms with Crippen molar-refractivity contribution in [3.8, 4) is 5.75 Å². The Balaban J connectivity index is 1.65. The number of aliphatic hydroxyl groups excluding tert-OH is 1. The van der Waals surface area contributed by atoms with Gasteiger partial charge in [-0.25, -0.2) is 18.2 Å². The fourth-order valence-electron chi connectivity index (χ4n) is 5.18. The Bertz CT molecular complexity index is 1310. The smallest absolute Gasteiger partial charge is 0.319 e. The molecular formula is C27H40N6O6S. The normalized spacial score (nSPS) is 21.2. The molecule has 0 radical (unpaired) electrons. The molecule has 1 aromatic carbocycles. The van der Waals surface area contributed by atoms with Crippen LogP contribution >= 0.6 is 0 Å². The third-order valence-corrected chi connectivity index (χ3v) is 9.38. The van der Waals surface area contributed by atoms with Gasteiger partial charge in [-0.05, 0) is 31.9 Å². The zero-order valence-electron chi connectivity index (χ0n) is 23.5. The maximum Gasteiger partial charge on any atom is 0.319 e. The number of carbonyl (C=O) groups excluding carboxylic acids is 2. The number of fused-ring (bicyclic) bond motifs is 1. The van der Waals surface area contributed by atoms with E-state index in [2.05, 4.69) is 15.6 Å². The highest BCUT2D eigenvalue weighted by Crippen LogP contribution is 2.35. The van der Waals surface area contributed by atoms with Gasteiger partial charge in [-0.1, -0.05) is 32.3 Å². The van der Waals surface area contributed by atoms with Crippen LogP contribution in [0.4, 0.5) is 10.5 Å². The number of nitrogens with one attached hydrogen (secondary N) is 2. The largest absolute Gasteiger partial charge is 0.486 e. The summed E-state index contributed by atoms with van der Waals surface area (Å²) >= 11 is 0. The molecule has 220 valence electrons.